The summed E-state index contributed by atoms with van der Waals surface area (Å²) >= 11 is 1.60. The van der Waals surface area contributed by atoms with Gasteiger partial charge in [-0.3, -0.25) is 0 Å². The minimum absolute atomic E-state index is 0.638. The summed E-state index contributed by atoms with van der Waals surface area (Å²) in [5.74, 6) is 0. The van der Waals surface area contributed by atoms with Gasteiger partial charge in [-0.2, -0.15) is 0 Å². The number of hydrogen-bond donors (Lipinski definition) is 0. The number of aryl methyl sites for hydroxylation is 1. The van der Waals surface area contributed by atoms with Crippen LogP contribution in [0.15, 0.2) is 23.3 Å². The molecule has 5 heteroatoms. The van der Waals surface area contributed by atoms with Gasteiger partial charge in [0.1, 0.15) is 0 Å². The highest BCUT2D eigenvalue weighted by molar-refractivity contribution is 7.18. The van der Waals surface area contributed by atoms with E-state index >= 15 is 0 Å². The lowest BCUT2D eigenvalue weighted by Gasteiger charge is -1.89. The van der Waals surface area contributed by atoms with Crippen molar-refractivity contribution in [3.63, 3.8) is 0 Å². The Morgan fingerprint density at radius 2 is 2.38 bits per heavy atom. The highest BCUT2D eigenvalue weighted by atomic mass is 32.1. The lowest BCUT2D eigenvalue weighted by molar-refractivity contribution is 1.34. The Morgan fingerprint density at radius 3 is 3.15 bits per heavy atom. The van der Waals surface area contributed by atoms with E-state index in [2.05, 4.69) is 15.0 Å². The van der Waals surface area contributed by atoms with Crippen LogP contribution in [0.3, 0.4) is 0 Å². The first-order valence-corrected chi connectivity index (χ1v) is 4.53. The number of thiazole rings is 1. The first-order chi connectivity index (χ1) is 6.29. The first-order valence-electron chi connectivity index (χ1n) is 3.72. The molecule has 1 aromatic carbocycles. The number of hydrogen-bond acceptors (Lipinski definition) is 3. The average Bonchev–Trinajstić information content (AvgIpc) is 2.44. The molecule has 0 bridgehead atoms. The number of azide groups is 1. The number of benzene rings is 1. The summed E-state index contributed by atoms with van der Waals surface area (Å²) < 4.78 is 1.06. The molecule has 0 aliphatic heterocycles. The highest BCUT2D eigenvalue weighted by Gasteiger charge is 1.99. The minimum Gasteiger partial charge on any atom is -0.242 e. The molecular formula is C8H6N4S. The predicted molar refractivity (Wildman–Crippen MR) is 53.2 cm³/mol. The molecule has 0 aliphatic rings. The van der Waals surface area contributed by atoms with Crippen LogP contribution in [0.25, 0.3) is 20.7 Å². The van der Waals surface area contributed by atoms with Crippen molar-refractivity contribution in [2.75, 3.05) is 0 Å². The third kappa shape index (κ3) is 1.47. The van der Waals surface area contributed by atoms with Crippen molar-refractivity contribution >= 4 is 27.2 Å². The van der Waals surface area contributed by atoms with Gasteiger partial charge in [-0.1, -0.05) is 11.2 Å². The molecule has 0 atom stereocenters. The van der Waals surface area contributed by atoms with Gasteiger partial charge in [-0.05, 0) is 24.6 Å². The second-order valence-electron chi connectivity index (χ2n) is 2.57. The van der Waals surface area contributed by atoms with Crippen molar-refractivity contribution in [3.8, 4) is 0 Å². The zero-order valence-corrected chi connectivity index (χ0v) is 7.75. The van der Waals surface area contributed by atoms with E-state index < -0.39 is 0 Å². The molecule has 2 aromatic rings. The van der Waals surface area contributed by atoms with Gasteiger partial charge in [0, 0.05) is 10.6 Å². The lowest BCUT2D eigenvalue weighted by atomic mass is 10.3. The van der Waals surface area contributed by atoms with Crippen LogP contribution in [0, 0.1) is 6.92 Å². The molecule has 1 heterocycles. The quantitative estimate of drug-likeness (QED) is 0.385. The van der Waals surface area contributed by atoms with Gasteiger partial charge in [-0.25, -0.2) is 4.98 Å². The van der Waals surface area contributed by atoms with Crippen LogP contribution >= 0.6 is 11.3 Å². The fraction of sp³-hybridized carbons (Fsp3) is 0.125. The van der Waals surface area contributed by atoms with Gasteiger partial charge in [-0.15, -0.1) is 11.3 Å². The second-order valence-corrected chi connectivity index (χ2v) is 3.81. The van der Waals surface area contributed by atoms with Crippen LogP contribution in [0.5, 0.6) is 0 Å². The van der Waals surface area contributed by atoms with Crippen molar-refractivity contribution in [2.45, 2.75) is 6.92 Å². The number of aromatic nitrogens is 1. The standard InChI is InChI=1S/C8H6N4S/c1-5-10-7-3-2-6(11-12-9)4-8(7)13-5/h2-4H,1H3. The summed E-state index contributed by atoms with van der Waals surface area (Å²) in [4.78, 5) is 7.03. The Hall–Kier alpha value is -1.58. The number of fused-ring (bicyclic) bond motifs is 1. The van der Waals surface area contributed by atoms with E-state index in [-0.39, 0.29) is 0 Å². The van der Waals surface area contributed by atoms with Crippen LogP contribution in [-0.4, -0.2) is 4.98 Å². The number of nitrogens with zero attached hydrogens (tertiary/aromatic N) is 4. The van der Waals surface area contributed by atoms with Gasteiger partial charge >= 0.3 is 0 Å². The van der Waals surface area contributed by atoms with Crippen LogP contribution in [0.2, 0.25) is 0 Å². The summed E-state index contributed by atoms with van der Waals surface area (Å²) in [5.41, 5.74) is 9.84. The largest absolute Gasteiger partial charge is 0.242 e. The molecule has 0 N–H and O–H groups in total. The molecule has 0 saturated carbocycles. The zero-order chi connectivity index (χ0) is 9.26. The second kappa shape index (κ2) is 3.05. The van der Waals surface area contributed by atoms with Gasteiger partial charge in [0.15, 0.2) is 0 Å². The molecular weight excluding hydrogens is 184 g/mol. The van der Waals surface area contributed by atoms with Crippen molar-refractivity contribution in [1.82, 2.24) is 4.98 Å². The summed E-state index contributed by atoms with van der Waals surface area (Å²) in [5, 5.41) is 4.55. The molecule has 0 aliphatic carbocycles. The third-order valence-corrected chi connectivity index (χ3v) is 2.57. The Labute approximate surface area is 78.5 Å². The molecule has 2 rings (SSSR count). The third-order valence-electron chi connectivity index (χ3n) is 1.64. The van der Waals surface area contributed by atoms with Gasteiger partial charge in [0.05, 0.1) is 15.2 Å². The molecule has 0 fully saturated rings. The molecule has 0 saturated heterocycles. The maximum Gasteiger partial charge on any atom is 0.0907 e. The van der Waals surface area contributed by atoms with Crippen LogP contribution in [0.1, 0.15) is 5.01 Å². The van der Waals surface area contributed by atoms with Crippen molar-refractivity contribution in [2.24, 2.45) is 5.11 Å². The Bertz CT molecular complexity index is 496. The molecule has 13 heavy (non-hydrogen) atoms. The normalized spacial score (nSPS) is 9.92. The molecule has 64 valence electrons. The van der Waals surface area contributed by atoms with E-state index in [1.165, 1.54) is 0 Å². The molecule has 1 aromatic heterocycles. The predicted octanol–water partition coefficient (Wildman–Crippen LogP) is 3.55. The molecule has 0 amide bonds. The summed E-state index contributed by atoms with van der Waals surface area (Å²) in [6.45, 7) is 1.96. The number of rotatable bonds is 1. The molecule has 0 radical (unpaired) electrons. The lowest BCUT2D eigenvalue weighted by Crippen LogP contribution is -1.67. The molecule has 0 spiro atoms. The van der Waals surface area contributed by atoms with Crippen molar-refractivity contribution in [3.05, 3.63) is 33.6 Å². The van der Waals surface area contributed by atoms with E-state index in [0.717, 1.165) is 15.2 Å². The fourth-order valence-electron chi connectivity index (χ4n) is 1.14. The Balaban J connectivity index is 2.67. The average molecular weight is 190 g/mol. The fourth-order valence-corrected chi connectivity index (χ4v) is 2.00. The van der Waals surface area contributed by atoms with E-state index in [1.54, 1.807) is 17.4 Å². The Kier molecular flexibility index (Phi) is 1.88. The van der Waals surface area contributed by atoms with E-state index in [9.17, 15) is 0 Å². The van der Waals surface area contributed by atoms with Crippen LogP contribution < -0.4 is 0 Å². The smallest absolute Gasteiger partial charge is 0.0907 e. The summed E-state index contributed by atoms with van der Waals surface area (Å²) in [6, 6.07) is 5.48. The summed E-state index contributed by atoms with van der Waals surface area (Å²) in [7, 11) is 0. The van der Waals surface area contributed by atoms with Gasteiger partial charge in [0.2, 0.25) is 0 Å². The van der Waals surface area contributed by atoms with Gasteiger partial charge in [0.25, 0.3) is 0 Å². The minimum atomic E-state index is 0.638. The molecule has 4 nitrogen and oxygen atoms in total. The maximum atomic E-state index is 8.24. The SMILES string of the molecule is Cc1nc2ccc(N=[N+]=[N-])cc2s1. The van der Waals surface area contributed by atoms with E-state index in [1.807, 2.05) is 19.1 Å². The first kappa shape index (κ1) is 8.04. The van der Waals surface area contributed by atoms with Gasteiger partial charge < -0.3 is 0 Å². The highest BCUT2D eigenvalue weighted by Crippen LogP contribution is 2.25. The zero-order valence-electron chi connectivity index (χ0n) is 6.93. The van der Waals surface area contributed by atoms with Crippen molar-refractivity contribution < 1.29 is 0 Å². The van der Waals surface area contributed by atoms with Crippen LogP contribution in [-0.2, 0) is 0 Å². The maximum absolute atomic E-state index is 8.24. The topological polar surface area (TPSA) is 61.7 Å². The Morgan fingerprint density at radius 1 is 1.54 bits per heavy atom. The van der Waals surface area contributed by atoms with E-state index in [0.29, 0.717) is 5.69 Å². The monoisotopic (exact) mass is 190 g/mol. The van der Waals surface area contributed by atoms with Crippen LogP contribution in [0.4, 0.5) is 5.69 Å². The molecule has 0 unspecified atom stereocenters. The van der Waals surface area contributed by atoms with E-state index in [4.69, 9.17) is 5.53 Å². The summed E-state index contributed by atoms with van der Waals surface area (Å²) in [6.07, 6.45) is 0. The van der Waals surface area contributed by atoms with Crippen molar-refractivity contribution in [1.29, 1.82) is 0 Å².